The molecule has 2 rings (SSSR count). The van der Waals surface area contributed by atoms with E-state index in [0.29, 0.717) is 31.0 Å². The van der Waals surface area contributed by atoms with Gasteiger partial charge in [0.1, 0.15) is 17.0 Å². The minimum absolute atomic E-state index is 0.112. The number of esters is 1. The van der Waals surface area contributed by atoms with Crippen molar-refractivity contribution >= 4 is 29.3 Å². The normalized spacial score (nSPS) is 13.8. The van der Waals surface area contributed by atoms with E-state index in [-0.39, 0.29) is 18.4 Å². The summed E-state index contributed by atoms with van der Waals surface area (Å²) < 4.78 is 10.1. The van der Waals surface area contributed by atoms with Crippen LogP contribution in [0.15, 0.2) is 6.07 Å². The van der Waals surface area contributed by atoms with E-state index in [1.54, 1.807) is 38.7 Å². The maximum absolute atomic E-state index is 12.3. The van der Waals surface area contributed by atoms with Crippen molar-refractivity contribution in [3.63, 3.8) is 0 Å². The monoisotopic (exact) mass is 368 g/mol. The standard InChI is InChI=1S/C17H24N2O5S/c1-5-23-15(21)13-8-11-10-19(7-6-12(11)25-13)14(20)9-18-16(22)24-17(2,3)4/h8H,5-7,9-10H2,1-4H3,(H,18,22). The Balaban J connectivity index is 1.90. The Morgan fingerprint density at radius 2 is 2.04 bits per heavy atom. The van der Waals surface area contributed by atoms with Crippen LogP contribution >= 0.6 is 11.3 Å². The summed E-state index contributed by atoms with van der Waals surface area (Å²) in [5.41, 5.74) is 0.359. The number of rotatable bonds is 4. The number of nitrogens with one attached hydrogen (secondary N) is 1. The Morgan fingerprint density at radius 3 is 2.68 bits per heavy atom. The Kier molecular flexibility index (Phi) is 6.05. The quantitative estimate of drug-likeness (QED) is 0.825. The lowest BCUT2D eigenvalue weighted by Crippen LogP contribution is -2.43. The molecule has 1 aliphatic rings. The number of hydrogen-bond donors (Lipinski definition) is 1. The third-order valence-corrected chi connectivity index (χ3v) is 4.70. The fraction of sp³-hybridized carbons (Fsp3) is 0.588. The van der Waals surface area contributed by atoms with Gasteiger partial charge in [-0.15, -0.1) is 11.3 Å². The molecule has 1 N–H and O–H groups in total. The van der Waals surface area contributed by atoms with Gasteiger partial charge in [0.15, 0.2) is 0 Å². The van der Waals surface area contributed by atoms with Crippen LogP contribution in [0.1, 0.15) is 47.8 Å². The van der Waals surface area contributed by atoms with E-state index in [2.05, 4.69) is 5.32 Å². The Bertz CT molecular complexity index is 662. The highest BCUT2D eigenvalue weighted by molar-refractivity contribution is 7.14. The summed E-state index contributed by atoms with van der Waals surface area (Å²) in [6, 6.07) is 1.79. The van der Waals surface area contributed by atoms with E-state index in [1.165, 1.54) is 11.3 Å². The number of thiophene rings is 1. The van der Waals surface area contributed by atoms with Crippen molar-refractivity contribution in [1.29, 1.82) is 0 Å². The fourth-order valence-corrected chi connectivity index (χ4v) is 3.48. The molecule has 1 aromatic rings. The van der Waals surface area contributed by atoms with Gasteiger partial charge in [0.25, 0.3) is 0 Å². The van der Waals surface area contributed by atoms with Crippen LogP contribution in [0.2, 0.25) is 0 Å². The molecule has 0 radical (unpaired) electrons. The van der Waals surface area contributed by atoms with Gasteiger partial charge in [-0.3, -0.25) is 4.79 Å². The zero-order chi connectivity index (χ0) is 18.6. The predicted molar refractivity (Wildman–Crippen MR) is 93.6 cm³/mol. The van der Waals surface area contributed by atoms with Crippen molar-refractivity contribution in [2.45, 2.75) is 46.3 Å². The van der Waals surface area contributed by atoms with Gasteiger partial charge in [0.05, 0.1) is 6.61 Å². The van der Waals surface area contributed by atoms with E-state index in [0.717, 1.165) is 10.4 Å². The SMILES string of the molecule is CCOC(=O)c1cc2c(s1)CCN(C(=O)CNC(=O)OC(C)(C)C)C2. The second-order valence-electron chi connectivity index (χ2n) is 6.70. The molecule has 0 atom stereocenters. The Labute approximate surface area is 151 Å². The molecule has 2 heterocycles. The molecule has 0 aromatic carbocycles. The lowest BCUT2D eigenvalue weighted by atomic mass is 10.1. The highest BCUT2D eigenvalue weighted by atomic mass is 32.1. The number of nitrogens with zero attached hydrogens (tertiary/aromatic N) is 1. The van der Waals surface area contributed by atoms with Crippen LogP contribution < -0.4 is 5.32 Å². The molecule has 8 heteroatoms. The van der Waals surface area contributed by atoms with Gasteiger partial charge in [-0.1, -0.05) is 0 Å². The van der Waals surface area contributed by atoms with Crippen LogP contribution in [0.3, 0.4) is 0 Å². The maximum atomic E-state index is 12.3. The number of hydrogen-bond acceptors (Lipinski definition) is 6. The van der Waals surface area contributed by atoms with E-state index >= 15 is 0 Å². The van der Waals surface area contributed by atoms with Gasteiger partial charge in [-0.05, 0) is 45.7 Å². The first-order valence-electron chi connectivity index (χ1n) is 8.23. The molecular formula is C17H24N2O5S. The topological polar surface area (TPSA) is 84.9 Å². The molecule has 0 saturated heterocycles. The summed E-state index contributed by atoms with van der Waals surface area (Å²) in [6.07, 6.45) is 0.0797. The third kappa shape index (κ3) is 5.45. The summed E-state index contributed by atoms with van der Waals surface area (Å²) >= 11 is 1.42. The van der Waals surface area contributed by atoms with Crippen molar-refractivity contribution in [2.24, 2.45) is 0 Å². The minimum atomic E-state index is -0.612. The highest BCUT2D eigenvalue weighted by Gasteiger charge is 2.25. The van der Waals surface area contributed by atoms with E-state index in [1.807, 2.05) is 0 Å². The van der Waals surface area contributed by atoms with Gasteiger partial charge in [-0.2, -0.15) is 0 Å². The molecule has 138 valence electrons. The summed E-state index contributed by atoms with van der Waals surface area (Å²) in [5, 5.41) is 2.48. The first-order valence-corrected chi connectivity index (χ1v) is 9.04. The second-order valence-corrected chi connectivity index (χ2v) is 7.84. The van der Waals surface area contributed by atoms with Gasteiger partial charge < -0.3 is 19.7 Å². The molecule has 7 nitrogen and oxygen atoms in total. The van der Waals surface area contributed by atoms with Crippen molar-refractivity contribution in [1.82, 2.24) is 10.2 Å². The van der Waals surface area contributed by atoms with Gasteiger partial charge in [-0.25, -0.2) is 9.59 Å². The summed E-state index contributed by atoms with van der Waals surface area (Å²) in [5.74, 6) is -0.508. The molecule has 25 heavy (non-hydrogen) atoms. The fourth-order valence-electron chi connectivity index (χ4n) is 2.42. The lowest BCUT2D eigenvalue weighted by molar-refractivity contribution is -0.131. The molecule has 1 aliphatic heterocycles. The van der Waals surface area contributed by atoms with Crippen LogP contribution in [0.25, 0.3) is 0 Å². The number of alkyl carbamates (subject to hydrolysis) is 1. The number of fused-ring (bicyclic) bond motifs is 1. The van der Waals surface area contributed by atoms with Crippen molar-refractivity contribution in [2.75, 3.05) is 19.7 Å². The Hall–Kier alpha value is -2.09. The molecule has 1 aromatic heterocycles. The number of carbonyl (C=O) groups is 3. The van der Waals surface area contributed by atoms with E-state index in [9.17, 15) is 14.4 Å². The predicted octanol–water partition coefficient (Wildman–Crippen LogP) is 2.33. The molecule has 0 unspecified atom stereocenters. The number of amides is 2. The summed E-state index contributed by atoms with van der Waals surface area (Å²) in [7, 11) is 0. The van der Waals surface area contributed by atoms with E-state index < -0.39 is 11.7 Å². The molecule has 0 aliphatic carbocycles. The van der Waals surface area contributed by atoms with Gasteiger partial charge in [0.2, 0.25) is 5.91 Å². The average molecular weight is 368 g/mol. The minimum Gasteiger partial charge on any atom is -0.462 e. The summed E-state index contributed by atoms with van der Waals surface area (Å²) in [6.45, 7) is 8.27. The number of carbonyl (C=O) groups excluding carboxylic acids is 3. The Morgan fingerprint density at radius 1 is 1.32 bits per heavy atom. The van der Waals surface area contributed by atoms with Crippen molar-refractivity contribution in [3.8, 4) is 0 Å². The molecule has 0 spiro atoms. The zero-order valence-corrected chi connectivity index (χ0v) is 15.8. The second kappa shape index (κ2) is 7.86. The number of ether oxygens (including phenoxy) is 2. The first-order chi connectivity index (χ1) is 11.7. The van der Waals surface area contributed by atoms with Crippen LogP contribution in [0.5, 0.6) is 0 Å². The van der Waals surface area contributed by atoms with E-state index in [4.69, 9.17) is 9.47 Å². The van der Waals surface area contributed by atoms with Crippen molar-refractivity contribution < 1.29 is 23.9 Å². The molecule has 0 fully saturated rings. The van der Waals surface area contributed by atoms with Crippen LogP contribution in [0.4, 0.5) is 4.79 Å². The highest BCUT2D eigenvalue weighted by Crippen LogP contribution is 2.28. The molecule has 2 amide bonds. The van der Waals surface area contributed by atoms with Gasteiger partial charge >= 0.3 is 12.1 Å². The lowest BCUT2D eigenvalue weighted by Gasteiger charge is -2.27. The molecule has 0 bridgehead atoms. The smallest absolute Gasteiger partial charge is 0.408 e. The van der Waals surface area contributed by atoms with Crippen molar-refractivity contribution in [3.05, 3.63) is 21.4 Å². The molecular weight excluding hydrogens is 344 g/mol. The first kappa shape index (κ1) is 19.2. The average Bonchev–Trinajstić information content (AvgIpc) is 2.94. The van der Waals surface area contributed by atoms with Crippen LogP contribution in [-0.4, -0.2) is 48.2 Å². The molecule has 0 saturated carbocycles. The van der Waals surface area contributed by atoms with Gasteiger partial charge in [0, 0.05) is 18.0 Å². The summed E-state index contributed by atoms with van der Waals surface area (Å²) in [4.78, 5) is 39.1. The zero-order valence-electron chi connectivity index (χ0n) is 15.0. The largest absolute Gasteiger partial charge is 0.462 e. The van der Waals surface area contributed by atoms with Crippen LogP contribution in [-0.2, 0) is 27.2 Å². The van der Waals surface area contributed by atoms with Crippen LogP contribution in [0, 0.1) is 0 Å². The maximum Gasteiger partial charge on any atom is 0.408 e. The third-order valence-electron chi connectivity index (χ3n) is 3.48.